The minimum absolute atomic E-state index is 0. The Balaban J connectivity index is 0.00000121. The molecular formula is C19H23Cl2Zr. The molecule has 0 aliphatic heterocycles. The smallest absolute Gasteiger partial charge is 1.00 e. The molecule has 0 radical (unpaired) electrons. The van der Waals surface area contributed by atoms with Crippen LogP contribution in [0.25, 0.3) is 6.08 Å². The number of allylic oxidation sites excluding steroid dienone is 5. The van der Waals surface area contributed by atoms with Gasteiger partial charge in [-0.15, -0.1) is 0 Å². The summed E-state index contributed by atoms with van der Waals surface area (Å²) in [6, 6.07) is 6.78. The second-order valence-corrected chi connectivity index (χ2v) is 12.8. The third-order valence-electron chi connectivity index (χ3n) is 4.61. The maximum atomic E-state index is 2.55. The Hall–Kier alpha value is -0.0969. The SMILES string of the molecule is CC[CH2][Zr+2]([C]1=Cc2cccc(C)c2C1C)[CH]1C=CC=C1.[Cl-].[Cl-]. The van der Waals surface area contributed by atoms with E-state index in [-0.39, 0.29) is 24.8 Å². The first-order chi connectivity index (χ1) is 9.72. The fraction of sp³-hybridized carbons (Fsp3) is 0.368. The Morgan fingerprint density at radius 3 is 2.36 bits per heavy atom. The van der Waals surface area contributed by atoms with Gasteiger partial charge in [0.15, 0.2) is 0 Å². The van der Waals surface area contributed by atoms with Crippen LogP contribution in [0.5, 0.6) is 0 Å². The van der Waals surface area contributed by atoms with Gasteiger partial charge in [0.05, 0.1) is 0 Å². The van der Waals surface area contributed by atoms with E-state index in [1.807, 2.05) is 3.28 Å². The van der Waals surface area contributed by atoms with Crippen LogP contribution in [-0.2, 0) is 21.8 Å². The first kappa shape index (κ1) is 19.9. The summed E-state index contributed by atoms with van der Waals surface area (Å²) < 4.78 is 4.10. The molecular weight excluding hydrogens is 390 g/mol. The van der Waals surface area contributed by atoms with E-state index >= 15 is 0 Å². The molecule has 0 aromatic heterocycles. The van der Waals surface area contributed by atoms with Crippen LogP contribution in [0.1, 0.15) is 42.9 Å². The molecule has 3 heteroatoms. The summed E-state index contributed by atoms with van der Waals surface area (Å²) >= 11 is -1.57. The number of rotatable bonds is 4. The molecule has 0 N–H and O–H groups in total. The molecule has 0 amide bonds. The van der Waals surface area contributed by atoms with Crippen LogP contribution in [0.2, 0.25) is 7.75 Å². The maximum absolute atomic E-state index is 2.55. The Morgan fingerprint density at radius 2 is 1.77 bits per heavy atom. The van der Waals surface area contributed by atoms with Crippen LogP contribution in [-0.4, -0.2) is 0 Å². The molecule has 1 unspecified atom stereocenters. The molecule has 0 bridgehead atoms. The summed E-state index contributed by atoms with van der Waals surface area (Å²) in [6.45, 7) is 7.05. The summed E-state index contributed by atoms with van der Waals surface area (Å²) in [4.78, 5) is 0. The minimum atomic E-state index is -1.57. The van der Waals surface area contributed by atoms with Crippen LogP contribution in [0.3, 0.4) is 0 Å². The van der Waals surface area contributed by atoms with Gasteiger partial charge in [-0.25, -0.2) is 0 Å². The Bertz CT molecular complexity index is 589. The van der Waals surface area contributed by atoms with Crippen LogP contribution < -0.4 is 24.8 Å². The molecule has 0 saturated carbocycles. The van der Waals surface area contributed by atoms with Gasteiger partial charge in [0.1, 0.15) is 0 Å². The normalized spacial score (nSPS) is 18.5. The molecule has 0 spiro atoms. The number of hydrogen-bond donors (Lipinski definition) is 0. The number of hydrogen-bond acceptors (Lipinski definition) is 0. The van der Waals surface area contributed by atoms with Crippen molar-refractivity contribution >= 4 is 6.08 Å². The summed E-state index contributed by atoms with van der Waals surface area (Å²) in [6.07, 6.45) is 13.3. The maximum Gasteiger partial charge on any atom is -1.00 e. The van der Waals surface area contributed by atoms with Gasteiger partial charge in [-0.3, -0.25) is 0 Å². The predicted molar refractivity (Wildman–Crippen MR) is 84.7 cm³/mol. The van der Waals surface area contributed by atoms with Gasteiger partial charge in [-0.1, -0.05) is 0 Å². The van der Waals surface area contributed by atoms with Crippen LogP contribution in [0.4, 0.5) is 0 Å². The molecule has 2 aliphatic rings. The van der Waals surface area contributed by atoms with Gasteiger partial charge in [0.25, 0.3) is 0 Å². The van der Waals surface area contributed by atoms with E-state index in [1.54, 1.807) is 5.56 Å². The van der Waals surface area contributed by atoms with E-state index < -0.39 is 21.8 Å². The number of benzene rings is 1. The molecule has 0 fully saturated rings. The first-order valence-corrected chi connectivity index (χ1v) is 12.1. The standard InChI is InChI=1S/C11H11.C5H5.C3H7.2ClH.Zr/c1-8-4-3-5-10-7-6-9(2)11(8)10;1-2-4-5-3-1;1-3-2;;;/h3-5,7,9H,1-2H3;1-5H;1,3H2,2H3;2*1H;/q;;;;;+2/p-2. The molecule has 3 rings (SSSR count). The van der Waals surface area contributed by atoms with Crippen molar-refractivity contribution in [3.63, 3.8) is 0 Å². The molecule has 0 nitrogen and oxygen atoms in total. The zero-order chi connectivity index (χ0) is 14.1. The molecule has 2 aliphatic carbocycles. The fourth-order valence-electron chi connectivity index (χ4n) is 3.68. The number of halogens is 2. The molecule has 0 saturated heterocycles. The quantitative estimate of drug-likeness (QED) is 0.643. The Kier molecular flexibility index (Phi) is 7.86. The Labute approximate surface area is 155 Å². The van der Waals surface area contributed by atoms with E-state index in [4.69, 9.17) is 0 Å². The number of aryl methyl sites for hydroxylation is 1. The molecule has 0 heterocycles. The third-order valence-corrected chi connectivity index (χ3v) is 13.3. The van der Waals surface area contributed by atoms with E-state index in [0.717, 1.165) is 3.63 Å². The zero-order valence-electron chi connectivity index (χ0n) is 13.4. The van der Waals surface area contributed by atoms with Crippen molar-refractivity contribution in [1.82, 2.24) is 0 Å². The zero-order valence-corrected chi connectivity index (χ0v) is 17.4. The van der Waals surface area contributed by atoms with Gasteiger partial charge in [-0.05, 0) is 0 Å². The van der Waals surface area contributed by atoms with Crippen molar-refractivity contribution in [1.29, 1.82) is 0 Å². The average Bonchev–Trinajstić information content (AvgIpc) is 3.05. The summed E-state index contributed by atoms with van der Waals surface area (Å²) in [7, 11) is 0. The average molecular weight is 414 g/mol. The van der Waals surface area contributed by atoms with Gasteiger partial charge in [0.2, 0.25) is 0 Å². The minimum Gasteiger partial charge on any atom is -1.00 e. The second kappa shape index (κ2) is 8.67. The fourth-order valence-corrected chi connectivity index (χ4v) is 11.7. The largest absolute Gasteiger partial charge is 1.00 e. The van der Waals surface area contributed by atoms with E-state index in [9.17, 15) is 0 Å². The van der Waals surface area contributed by atoms with Crippen molar-refractivity contribution in [2.45, 2.75) is 40.9 Å². The topological polar surface area (TPSA) is 0 Å². The molecule has 1 atom stereocenters. The predicted octanol–water partition coefficient (Wildman–Crippen LogP) is -0.178. The van der Waals surface area contributed by atoms with Crippen LogP contribution >= 0.6 is 0 Å². The van der Waals surface area contributed by atoms with Crippen molar-refractivity contribution in [2.75, 3.05) is 0 Å². The molecule has 1 aromatic rings. The monoisotopic (exact) mass is 411 g/mol. The number of fused-ring (bicyclic) bond motifs is 1. The van der Waals surface area contributed by atoms with Crippen molar-refractivity contribution in [3.05, 3.63) is 62.5 Å². The Morgan fingerprint density at radius 1 is 1.09 bits per heavy atom. The van der Waals surface area contributed by atoms with Crippen molar-refractivity contribution in [2.24, 2.45) is 0 Å². The van der Waals surface area contributed by atoms with Gasteiger partial charge >= 0.3 is 131 Å². The summed E-state index contributed by atoms with van der Waals surface area (Å²) in [5.74, 6) is 0.662. The van der Waals surface area contributed by atoms with Crippen LogP contribution in [0, 0.1) is 6.92 Å². The molecule has 22 heavy (non-hydrogen) atoms. The van der Waals surface area contributed by atoms with Gasteiger partial charge < -0.3 is 24.8 Å². The van der Waals surface area contributed by atoms with E-state index in [2.05, 4.69) is 69.4 Å². The van der Waals surface area contributed by atoms with Crippen molar-refractivity contribution < 1.29 is 46.6 Å². The second-order valence-electron chi connectivity index (χ2n) is 5.97. The first-order valence-electron chi connectivity index (χ1n) is 7.74. The van der Waals surface area contributed by atoms with Crippen LogP contribution in [0.15, 0.2) is 45.8 Å². The molecule has 117 valence electrons. The van der Waals surface area contributed by atoms with Gasteiger partial charge in [0, 0.05) is 0 Å². The summed E-state index contributed by atoms with van der Waals surface area (Å²) in [5, 5.41) is 0. The van der Waals surface area contributed by atoms with Crippen molar-refractivity contribution in [3.8, 4) is 0 Å². The van der Waals surface area contributed by atoms with Gasteiger partial charge in [-0.2, -0.15) is 0 Å². The summed E-state index contributed by atoms with van der Waals surface area (Å²) in [5.41, 5.74) is 4.56. The molecule has 1 aromatic carbocycles. The van der Waals surface area contributed by atoms with E-state index in [0.29, 0.717) is 5.92 Å². The van der Waals surface area contributed by atoms with E-state index in [1.165, 1.54) is 21.7 Å². The third kappa shape index (κ3) is 3.69.